The van der Waals surface area contributed by atoms with Crippen LogP contribution in [0.2, 0.25) is 0 Å². The molecule has 7 heteroatoms. The number of aromatic hydroxyl groups is 1. The Balaban J connectivity index is 1.26. The van der Waals surface area contributed by atoms with Crippen molar-refractivity contribution in [1.82, 2.24) is 5.32 Å². The van der Waals surface area contributed by atoms with Crippen molar-refractivity contribution < 1.29 is 14.3 Å². The Morgan fingerprint density at radius 1 is 0.925 bits per heavy atom. The number of aryl methyl sites for hydroxylation is 2. The Labute approximate surface area is 236 Å². The maximum atomic E-state index is 13.1. The predicted octanol–water partition coefficient (Wildman–Crippen LogP) is 6.16. The molecule has 5 rings (SSSR count). The molecule has 1 unspecified atom stereocenters. The van der Waals surface area contributed by atoms with Crippen molar-refractivity contribution in [1.29, 1.82) is 0 Å². The van der Waals surface area contributed by atoms with Crippen LogP contribution in [0.1, 0.15) is 46.6 Å². The number of phenols is 1. The smallest absolute Gasteiger partial charge is 0.251 e. The predicted molar refractivity (Wildman–Crippen MR) is 162 cm³/mol. The van der Waals surface area contributed by atoms with E-state index < -0.39 is 0 Å². The molecule has 0 saturated carbocycles. The van der Waals surface area contributed by atoms with Crippen LogP contribution in [0.5, 0.6) is 5.75 Å². The van der Waals surface area contributed by atoms with Crippen molar-refractivity contribution in [2.45, 2.75) is 32.7 Å². The Kier molecular flexibility index (Phi) is 8.59. The van der Waals surface area contributed by atoms with Gasteiger partial charge in [-0.2, -0.15) is 0 Å². The molecule has 1 atom stereocenters. The fourth-order valence-electron chi connectivity index (χ4n) is 5.28. The first kappa shape index (κ1) is 27.2. The van der Waals surface area contributed by atoms with Gasteiger partial charge >= 0.3 is 0 Å². The minimum Gasteiger partial charge on any atom is -0.508 e. The topological polar surface area (TPSA) is 81.0 Å². The van der Waals surface area contributed by atoms with Gasteiger partial charge in [0.05, 0.1) is 23.7 Å². The van der Waals surface area contributed by atoms with Gasteiger partial charge in [0, 0.05) is 44.0 Å². The first-order chi connectivity index (χ1) is 19.5. The molecule has 1 amide bonds. The molecule has 4 aromatic rings. The van der Waals surface area contributed by atoms with E-state index in [1.807, 2.05) is 36.4 Å². The number of rotatable bonds is 10. The van der Waals surface area contributed by atoms with Crippen LogP contribution in [0.3, 0.4) is 0 Å². The number of hydrogen-bond donors (Lipinski definition) is 3. The minimum absolute atomic E-state index is 0.0503. The van der Waals surface area contributed by atoms with Gasteiger partial charge in [0.25, 0.3) is 5.91 Å². The largest absolute Gasteiger partial charge is 0.508 e. The lowest BCUT2D eigenvalue weighted by Gasteiger charge is -2.39. The Morgan fingerprint density at radius 3 is 2.35 bits per heavy atom. The molecule has 1 aliphatic rings. The highest BCUT2D eigenvalue weighted by Crippen LogP contribution is 2.32. The summed E-state index contributed by atoms with van der Waals surface area (Å²) in [4.78, 5) is 17.9. The molecule has 0 radical (unpaired) electrons. The number of amides is 1. The van der Waals surface area contributed by atoms with Crippen LogP contribution in [0.15, 0.2) is 89.5 Å². The molecule has 7 nitrogen and oxygen atoms in total. The summed E-state index contributed by atoms with van der Waals surface area (Å²) in [5.74, 6) is 1.02. The van der Waals surface area contributed by atoms with Gasteiger partial charge in [-0.25, -0.2) is 0 Å². The SMILES string of the molecule is Cc1ccccc1N1CCN(c2ccc(C(=O)NCCCc3ccc(O)cc3)cc2NC(C)c2ccco2)CC1. The second-order valence-electron chi connectivity index (χ2n) is 10.4. The van der Waals surface area contributed by atoms with E-state index in [0.717, 1.165) is 61.7 Å². The Hall–Kier alpha value is -4.39. The van der Waals surface area contributed by atoms with Crippen LogP contribution in [0.4, 0.5) is 17.1 Å². The van der Waals surface area contributed by atoms with E-state index in [9.17, 15) is 9.90 Å². The van der Waals surface area contributed by atoms with Crippen LogP contribution >= 0.6 is 0 Å². The van der Waals surface area contributed by atoms with Gasteiger partial charge in [0.15, 0.2) is 0 Å². The Bertz CT molecular complexity index is 1390. The number of hydrogen-bond acceptors (Lipinski definition) is 6. The van der Waals surface area contributed by atoms with Crippen molar-refractivity contribution in [2.75, 3.05) is 47.8 Å². The van der Waals surface area contributed by atoms with Gasteiger partial charge < -0.3 is 30.0 Å². The summed E-state index contributed by atoms with van der Waals surface area (Å²) in [5, 5.41) is 16.1. The van der Waals surface area contributed by atoms with Gasteiger partial charge in [0.1, 0.15) is 11.5 Å². The van der Waals surface area contributed by atoms with Crippen molar-refractivity contribution >= 4 is 23.0 Å². The fourth-order valence-corrected chi connectivity index (χ4v) is 5.28. The number of furan rings is 1. The summed E-state index contributed by atoms with van der Waals surface area (Å²) >= 11 is 0. The molecular formula is C33H38N4O3. The average molecular weight is 539 g/mol. The third-order valence-corrected chi connectivity index (χ3v) is 7.54. The van der Waals surface area contributed by atoms with Gasteiger partial charge in [-0.05, 0) is 86.3 Å². The monoisotopic (exact) mass is 538 g/mol. The fraction of sp³-hybridized carbons (Fsp3) is 0.303. The lowest BCUT2D eigenvalue weighted by molar-refractivity contribution is 0.0953. The summed E-state index contributed by atoms with van der Waals surface area (Å²) in [6.07, 6.45) is 3.34. The molecule has 208 valence electrons. The molecule has 1 saturated heterocycles. The van der Waals surface area contributed by atoms with E-state index in [1.54, 1.807) is 18.4 Å². The lowest BCUT2D eigenvalue weighted by Crippen LogP contribution is -2.47. The molecule has 1 aliphatic heterocycles. The van der Waals surface area contributed by atoms with E-state index in [2.05, 4.69) is 64.6 Å². The third-order valence-electron chi connectivity index (χ3n) is 7.54. The van der Waals surface area contributed by atoms with E-state index in [-0.39, 0.29) is 17.7 Å². The number of piperazine rings is 1. The van der Waals surface area contributed by atoms with Crippen molar-refractivity contribution in [3.05, 3.63) is 108 Å². The van der Waals surface area contributed by atoms with Crippen molar-refractivity contribution in [3.63, 3.8) is 0 Å². The molecule has 0 aliphatic carbocycles. The van der Waals surface area contributed by atoms with Crippen LogP contribution in [-0.2, 0) is 6.42 Å². The zero-order valence-electron chi connectivity index (χ0n) is 23.3. The number of nitrogens with zero attached hydrogens (tertiary/aromatic N) is 2. The van der Waals surface area contributed by atoms with E-state index in [0.29, 0.717) is 12.1 Å². The maximum Gasteiger partial charge on any atom is 0.251 e. The number of benzene rings is 3. The first-order valence-corrected chi connectivity index (χ1v) is 14.0. The Morgan fingerprint density at radius 2 is 1.65 bits per heavy atom. The number of nitrogens with one attached hydrogen (secondary N) is 2. The molecule has 0 spiro atoms. The molecule has 1 aromatic heterocycles. The minimum atomic E-state index is -0.0877. The zero-order chi connectivity index (χ0) is 27.9. The van der Waals surface area contributed by atoms with E-state index >= 15 is 0 Å². The standard InChI is InChI=1S/C33H38N4O3/c1-24-7-3-4-9-30(24)36-18-20-37(21-19-36)31-16-13-27(23-29(31)35-25(2)32-10-6-22-40-32)33(39)34-17-5-8-26-11-14-28(38)15-12-26/h3-4,6-7,9-16,22-23,25,35,38H,5,8,17-21H2,1-2H3,(H,34,39). The second-order valence-corrected chi connectivity index (χ2v) is 10.4. The highest BCUT2D eigenvalue weighted by Gasteiger charge is 2.22. The highest BCUT2D eigenvalue weighted by molar-refractivity contribution is 5.96. The van der Waals surface area contributed by atoms with Gasteiger partial charge in [-0.1, -0.05) is 30.3 Å². The summed E-state index contributed by atoms with van der Waals surface area (Å²) < 4.78 is 5.64. The molecule has 0 bridgehead atoms. The van der Waals surface area contributed by atoms with Crippen LogP contribution < -0.4 is 20.4 Å². The lowest BCUT2D eigenvalue weighted by atomic mass is 10.1. The van der Waals surface area contributed by atoms with Crippen LogP contribution in [0.25, 0.3) is 0 Å². The summed E-state index contributed by atoms with van der Waals surface area (Å²) in [6.45, 7) is 8.45. The average Bonchev–Trinajstić information content (AvgIpc) is 3.52. The summed E-state index contributed by atoms with van der Waals surface area (Å²) in [6, 6.07) is 25.5. The molecular weight excluding hydrogens is 500 g/mol. The van der Waals surface area contributed by atoms with Crippen LogP contribution in [0, 0.1) is 6.92 Å². The number of phenolic OH excluding ortho intramolecular Hbond substituents is 1. The summed E-state index contributed by atoms with van der Waals surface area (Å²) in [7, 11) is 0. The second kappa shape index (κ2) is 12.6. The van der Waals surface area contributed by atoms with Crippen molar-refractivity contribution in [2.24, 2.45) is 0 Å². The van der Waals surface area contributed by atoms with E-state index in [1.165, 1.54) is 11.3 Å². The molecule has 40 heavy (non-hydrogen) atoms. The number of anilines is 3. The third kappa shape index (κ3) is 6.60. The molecule has 2 heterocycles. The zero-order valence-corrected chi connectivity index (χ0v) is 23.3. The van der Waals surface area contributed by atoms with Gasteiger partial charge in [-0.3, -0.25) is 4.79 Å². The van der Waals surface area contributed by atoms with Crippen molar-refractivity contribution in [3.8, 4) is 5.75 Å². The van der Waals surface area contributed by atoms with Crippen LogP contribution in [-0.4, -0.2) is 43.7 Å². The van der Waals surface area contributed by atoms with Gasteiger partial charge in [0.2, 0.25) is 0 Å². The molecule has 1 fully saturated rings. The molecule has 3 aromatic carbocycles. The maximum absolute atomic E-state index is 13.1. The molecule has 3 N–H and O–H groups in total. The summed E-state index contributed by atoms with van der Waals surface area (Å²) in [5.41, 5.74) is 6.36. The van der Waals surface area contributed by atoms with E-state index in [4.69, 9.17) is 4.42 Å². The van der Waals surface area contributed by atoms with Gasteiger partial charge in [-0.15, -0.1) is 0 Å². The quantitative estimate of drug-likeness (QED) is 0.210. The number of carbonyl (C=O) groups excluding carboxylic acids is 1. The number of carbonyl (C=O) groups is 1. The highest BCUT2D eigenvalue weighted by atomic mass is 16.3. The number of para-hydroxylation sites is 1. The normalized spacial score (nSPS) is 14.2. The first-order valence-electron chi connectivity index (χ1n) is 14.0.